The van der Waals surface area contributed by atoms with Crippen LogP contribution in [0.3, 0.4) is 0 Å². The number of fused-ring (bicyclic) bond motifs is 1. The number of carbonyl (C=O) groups excluding carboxylic acids is 1. The number of benzene rings is 2. The van der Waals surface area contributed by atoms with Gasteiger partial charge >= 0.3 is 0 Å². The Morgan fingerprint density at radius 1 is 1.28 bits per heavy atom. The summed E-state index contributed by atoms with van der Waals surface area (Å²) in [6, 6.07) is 11.9. The van der Waals surface area contributed by atoms with Crippen LogP contribution >= 0.6 is 0 Å². The lowest BCUT2D eigenvalue weighted by Crippen LogP contribution is -2.34. The summed E-state index contributed by atoms with van der Waals surface area (Å²) < 4.78 is 18.9. The molecule has 1 fully saturated rings. The van der Waals surface area contributed by atoms with Crippen molar-refractivity contribution in [1.82, 2.24) is 15.5 Å². The van der Waals surface area contributed by atoms with E-state index in [1.807, 2.05) is 6.07 Å². The first kappa shape index (κ1) is 15.8. The molecule has 2 unspecified atom stereocenters. The summed E-state index contributed by atoms with van der Waals surface area (Å²) in [5, 5.41) is 10.7. The maximum atomic E-state index is 13.1. The minimum absolute atomic E-state index is 0.105. The minimum atomic E-state index is -0.248. The minimum Gasteiger partial charge on any atom is -0.376 e. The quantitative estimate of drug-likeness (QED) is 0.768. The summed E-state index contributed by atoms with van der Waals surface area (Å²) in [6.45, 7) is 1.06. The summed E-state index contributed by atoms with van der Waals surface area (Å²) in [4.78, 5) is 12.4. The third-order valence-electron chi connectivity index (χ3n) is 4.67. The molecule has 0 aliphatic carbocycles. The molecule has 128 valence electrons. The van der Waals surface area contributed by atoms with Crippen molar-refractivity contribution in [2.45, 2.75) is 18.4 Å². The first-order valence-corrected chi connectivity index (χ1v) is 8.29. The number of rotatable bonds is 4. The second-order valence-electron chi connectivity index (χ2n) is 6.24. The Morgan fingerprint density at radius 3 is 2.96 bits per heavy atom. The molecule has 0 radical (unpaired) electrons. The van der Waals surface area contributed by atoms with Crippen LogP contribution in [0.15, 0.2) is 48.7 Å². The zero-order valence-electron chi connectivity index (χ0n) is 13.5. The number of hydrogen-bond acceptors (Lipinski definition) is 3. The summed E-state index contributed by atoms with van der Waals surface area (Å²) >= 11 is 0. The SMILES string of the molecule is O=C(NCC1OCCC1c1ccc(F)cc1)c1ccc2[nH]ncc2c1. The first-order chi connectivity index (χ1) is 12.2. The molecule has 2 aromatic carbocycles. The molecule has 5 nitrogen and oxygen atoms in total. The van der Waals surface area contributed by atoms with Gasteiger partial charge in [-0.15, -0.1) is 0 Å². The number of aromatic nitrogens is 2. The van der Waals surface area contributed by atoms with Gasteiger partial charge in [0.25, 0.3) is 5.91 Å². The van der Waals surface area contributed by atoms with Crippen molar-refractivity contribution in [3.05, 3.63) is 65.6 Å². The van der Waals surface area contributed by atoms with E-state index in [0.717, 1.165) is 22.9 Å². The molecule has 6 heteroatoms. The number of H-pyrrole nitrogens is 1. The summed E-state index contributed by atoms with van der Waals surface area (Å²) in [7, 11) is 0. The molecule has 4 rings (SSSR count). The van der Waals surface area contributed by atoms with Gasteiger partial charge in [0.05, 0.1) is 17.8 Å². The lowest BCUT2D eigenvalue weighted by atomic mass is 9.92. The van der Waals surface area contributed by atoms with E-state index in [0.29, 0.717) is 18.7 Å². The van der Waals surface area contributed by atoms with E-state index in [1.165, 1.54) is 12.1 Å². The van der Waals surface area contributed by atoms with Crippen molar-refractivity contribution in [1.29, 1.82) is 0 Å². The standard InChI is InChI=1S/C19H18FN3O2/c20-15-4-1-12(2-5-15)16-7-8-25-18(16)11-21-19(24)13-3-6-17-14(9-13)10-22-23-17/h1-6,9-10,16,18H,7-8,11H2,(H,21,24)(H,22,23). The molecule has 1 aliphatic rings. The Kier molecular flexibility index (Phi) is 4.19. The van der Waals surface area contributed by atoms with E-state index in [-0.39, 0.29) is 23.7 Å². The fraction of sp³-hybridized carbons (Fsp3) is 0.263. The molecule has 3 aromatic rings. The molecule has 0 bridgehead atoms. The number of nitrogens with zero attached hydrogens (tertiary/aromatic N) is 1. The average Bonchev–Trinajstić information content (AvgIpc) is 3.28. The number of amides is 1. The number of aromatic amines is 1. The molecule has 1 aromatic heterocycles. The molecular weight excluding hydrogens is 321 g/mol. The van der Waals surface area contributed by atoms with Crippen molar-refractivity contribution in [2.75, 3.05) is 13.2 Å². The van der Waals surface area contributed by atoms with Crippen LogP contribution in [0.5, 0.6) is 0 Å². The van der Waals surface area contributed by atoms with Gasteiger partial charge in [-0.25, -0.2) is 4.39 Å². The Hall–Kier alpha value is -2.73. The Morgan fingerprint density at radius 2 is 2.12 bits per heavy atom. The monoisotopic (exact) mass is 339 g/mol. The largest absolute Gasteiger partial charge is 0.376 e. The molecule has 1 amide bonds. The van der Waals surface area contributed by atoms with Gasteiger partial charge in [-0.3, -0.25) is 9.89 Å². The summed E-state index contributed by atoms with van der Waals surface area (Å²) in [6.07, 6.45) is 2.45. The highest BCUT2D eigenvalue weighted by atomic mass is 19.1. The Balaban J connectivity index is 1.42. The highest BCUT2D eigenvalue weighted by Crippen LogP contribution is 2.31. The number of nitrogens with one attached hydrogen (secondary N) is 2. The molecule has 2 N–H and O–H groups in total. The molecule has 25 heavy (non-hydrogen) atoms. The van der Waals surface area contributed by atoms with Crippen LogP contribution in [-0.4, -0.2) is 35.4 Å². The molecule has 2 atom stereocenters. The van der Waals surface area contributed by atoms with Crippen molar-refractivity contribution in [3.63, 3.8) is 0 Å². The van der Waals surface area contributed by atoms with Crippen LogP contribution in [0, 0.1) is 5.82 Å². The lowest BCUT2D eigenvalue weighted by molar-refractivity contribution is 0.0834. The molecular formula is C19H18FN3O2. The lowest BCUT2D eigenvalue weighted by Gasteiger charge is -2.19. The number of halogens is 1. The Labute approximate surface area is 144 Å². The van der Waals surface area contributed by atoms with Gasteiger partial charge in [0.15, 0.2) is 0 Å². The second-order valence-corrected chi connectivity index (χ2v) is 6.24. The van der Waals surface area contributed by atoms with Crippen LogP contribution in [0.1, 0.15) is 28.3 Å². The number of ether oxygens (including phenoxy) is 1. The van der Waals surface area contributed by atoms with Crippen LogP contribution < -0.4 is 5.32 Å². The summed E-state index contributed by atoms with van der Waals surface area (Å²) in [5.41, 5.74) is 2.52. The summed E-state index contributed by atoms with van der Waals surface area (Å²) in [5.74, 6) is -0.226. The van der Waals surface area contributed by atoms with E-state index in [2.05, 4.69) is 15.5 Å². The van der Waals surface area contributed by atoms with Gasteiger partial charge in [0, 0.05) is 30.0 Å². The van der Waals surface area contributed by atoms with Crippen LogP contribution in [0.4, 0.5) is 4.39 Å². The molecule has 0 saturated carbocycles. The average molecular weight is 339 g/mol. The van der Waals surface area contributed by atoms with Gasteiger partial charge in [-0.2, -0.15) is 5.10 Å². The smallest absolute Gasteiger partial charge is 0.251 e. The van der Waals surface area contributed by atoms with E-state index >= 15 is 0 Å². The van der Waals surface area contributed by atoms with Crippen molar-refractivity contribution < 1.29 is 13.9 Å². The molecule has 1 aliphatic heterocycles. The zero-order chi connectivity index (χ0) is 17.2. The highest BCUT2D eigenvalue weighted by molar-refractivity contribution is 5.97. The Bertz CT molecular complexity index is 891. The van der Waals surface area contributed by atoms with Crippen molar-refractivity contribution in [3.8, 4) is 0 Å². The molecule has 2 heterocycles. The zero-order valence-corrected chi connectivity index (χ0v) is 13.5. The van der Waals surface area contributed by atoms with E-state index in [9.17, 15) is 9.18 Å². The normalized spacial score (nSPS) is 20.0. The predicted molar refractivity (Wildman–Crippen MR) is 91.9 cm³/mol. The van der Waals surface area contributed by atoms with E-state index in [1.54, 1.807) is 30.5 Å². The first-order valence-electron chi connectivity index (χ1n) is 8.29. The van der Waals surface area contributed by atoms with E-state index < -0.39 is 0 Å². The van der Waals surface area contributed by atoms with Crippen molar-refractivity contribution in [2.24, 2.45) is 0 Å². The van der Waals surface area contributed by atoms with Crippen molar-refractivity contribution >= 4 is 16.8 Å². The van der Waals surface area contributed by atoms with Gasteiger partial charge in [0.2, 0.25) is 0 Å². The van der Waals surface area contributed by atoms with Gasteiger partial charge in [-0.05, 0) is 42.3 Å². The molecule has 1 saturated heterocycles. The van der Waals surface area contributed by atoms with Gasteiger partial charge < -0.3 is 10.1 Å². The van der Waals surface area contributed by atoms with Crippen LogP contribution in [0.25, 0.3) is 10.9 Å². The second kappa shape index (κ2) is 6.64. The number of hydrogen-bond donors (Lipinski definition) is 2. The van der Waals surface area contributed by atoms with Crippen LogP contribution in [0.2, 0.25) is 0 Å². The van der Waals surface area contributed by atoms with E-state index in [4.69, 9.17) is 4.74 Å². The maximum Gasteiger partial charge on any atom is 0.251 e. The fourth-order valence-corrected chi connectivity index (χ4v) is 3.32. The van der Waals surface area contributed by atoms with Gasteiger partial charge in [-0.1, -0.05) is 12.1 Å². The van der Waals surface area contributed by atoms with Crippen LogP contribution in [-0.2, 0) is 4.74 Å². The molecule has 0 spiro atoms. The predicted octanol–water partition coefficient (Wildman–Crippen LogP) is 3.00. The maximum absolute atomic E-state index is 13.1. The number of carbonyl (C=O) groups is 1. The third kappa shape index (κ3) is 3.25. The van der Waals surface area contributed by atoms with Gasteiger partial charge in [0.1, 0.15) is 5.82 Å². The third-order valence-corrected chi connectivity index (χ3v) is 4.67. The topological polar surface area (TPSA) is 67.0 Å². The fourth-order valence-electron chi connectivity index (χ4n) is 3.32. The highest BCUT2D eigenvalue weighted by Gasteiger charge is 2.30.